The second-order valence-corrected chi connectivity index (χ2v) is 6.70. The Morgan fingerprint density at radius 2 is 2.00 bits per heavy atom. The molecular formula is C13H15BrN2O3S. The Labute approximate surface area is 126 Å². The second-order valence-electron chi connectivity index (χ2n) is 4.43. The zero-order chi connectivity index (χ0) is 14.8. The van der Waals surface area contributed by atoms with Crippen LogP contribution in [0, 0.1) is 13.8 Å². The Morgan fingerprint density at radius 3 is 2.60 bits per heavy atom. The van der Waals surface area contributed by atoms with E-state index in [9.17, 15) is 8.42 Å². The predicted molar refractivity (Wildman–Crippen MR) is 79.1 cm³/mol. The molecule has 0 aliphatic heterocycles. The van der Waals surface area contributed by atoms with E-state index >= 15 is 0 Å². The number of alkyl halides is 1. The van der Waals surface area contributed by atoms with Gasteiger partial charge in [0.1, 0.15) is 10.6 Å². The standard InChI is InChI=1S/C13H15BrN2O3S/c1-9-13(10(2)19-16-9)20(17,18)15-8-12-5-3-4-11(6-12)7-14/h3-6,15H,7-8H2,1-2H3. The molecule has 0 unspecified atom stereocenters. The Morgan fingerprint density at radius 1 is 1.30 bits per heavy atom. The molecule has 0 fully saturated rings. The number of hydrogen-bond acceptors (Lipinski definition) is 4. The lowest BCUT2D eigenvalue weighted by Crippen LogP contribution is -2.24. The van der Waals surface area contributed by atoms with Crippen molar-refractivity contribution in [2.24, 2.45) is 0 Å². The highest BCUT2D eigenvalue weighted by atomic mass is 79.9. The normalized spacial score (nSPS) is 11.8. The first kappa shape index (κ1) is 15.2. The summed E-state index contributed by atoms with van der Waals surface area (Å²) in [5.41, 5.74) is 2.36. The maximum Gasteiger partial charge on any atom is 0.246 e. The van der Waals surface area contributed by atoms with Crippen LogP contribution in [0.15, 0.2) is 33.7 Å². The fourth-order valence-electron chi connectivity index (χ4n) is 1.93. The van der Waals surface area contributed by atoms with E-state index in [4.69, 9.17) is 4.52 Å². The number of rotatable bonds is 5. The molecule has 0 radical (unpaired) electrons. The molecule has 0 amide bonds. The monoisotopic (exact) mass is 358 g/mol. The van der Waals surface area contributed by atoms with Gasteiger partial charge in [-0.2, -0.15) is 0 Å². The van der Waals surface area contributed by atoms with Gasteiger partial charge in [0.05, 0.1) is 0 Å². The number of nitrogens with one attached hydrogen (secondary N) is 1. The Hall–Kier alpha value is -1.18. The Kier molecular flexibility index (Phi) is 4.62. The minimum absolute atomic E-state index is 0.120. The van der Waals surface area contributed by atoms with Crippen LogP contribution in [0.1, 0.15) is 22.6 Å². The summed E-state index contributed by atoms with van der Waals surface area (Å²) < 4.78 is 31.9. The topological polar surface area (TPSA) is 72.2 Å². The number of nitrogens with zero attached hydrogens (tertiary/aromatic N) is 1. The minimum Gasteiger partial charge on any atom is -0.360 e. The van der Waals surface area contributed by atoms with Gasteiger partial charge < -0.3 is 4.52 Å². The van der Waals surface area contributed by atoms with Gasteiger partial charge in [0.2, 0.25) is 10.0 Å². The molecule has 0 spiro atoms. The molecule has 108 valence electrons. The molecular weight excluding hydrogens is 344 g/mol. The highest BCUT2D eigenvalue weighted by Crippen LogP contribution is 2.19. The van der Waals surface area contributed by atoms with Crippen molar-refractivity contribution >= 4 is 26.0 Å². The van der Waals surface area contributed by atoms with Crippen molar-refractivity contribution in [2.75, 3.05) is 0 Å². The van der Waals surface area contributed by atoms with Crippen LogP contribution in [0.25, 0.3) is 0 Å². The lowest BCUT2D eigenvalue weighted by Gasteiger charge is -2.07. The van der Waals surface area contributed by atoms with Crippen molar-refractivity contribution in [1.82, 2.24) is 9.88 Å². The van der Waals surface area contributed by atoms with E-state index in [0.29, 0.717) is 11.5 Å². The number of hydrogen-bond donors (Lipinski definition) is 1. The second kappa shape index (κ2) is 6.07. The molecule has 2 rings (SSSR count). The van der Waals surface area contributed by atoms with E-state index in [0.717, 1.165) is 16.5 Å². The molecule has 7 heteroatoms. The van der Waals surface area contributed by atoms with E-state index in [-0.39, 0.29) is 11.4 Å². The lowest BCUT2D eigenvalue weighted by atomic mass is 10.1. The molecule has 0 saturated heterocycles. The highest BCUT2D eigenvalue weighted by molar-refractivity contribution is 9.08. The maximum atomic E-state index is 12.2. The fraction of sp³-hybridized carbons (Fsp3) is 0.308. The molecule has 20 heavy (non-hydrogen) atoms. The van der Waals surface area contributed by atoms with Crippen molar-refractivity contribution < 1.29 is 12.9 Å². The predicted octanol–water partition coefficient (Wildman–Crippen LogP) is 2.66. The minimum atomic E-state index is -3.61. The van der Waals surface area contributed by atoms with Crippen molar-refractivity contribution in [3.63, 3.8) is 0 Å². The molecule has 5 nitrogen and oxygen atoms in total. The average Bonchev–Trinajstić information content (AvgIpc) is 2.77. The maximum absolute atomic E-state index is 12.2. The van der Waals surface area contributed by atoms with E-state index in [2.05, 4.69) is 25.8 Å². The van der Waals surface area contributed by atoms with Crippen LogP contribution in [0.2, 0.25) is 0 Å². The number of aryl methyl sites for hydroxylation is 2. The van der Waals surface area contributed by atoms with Gasteiger partial charge in [-0.25, -0.2) is 13.1 Å². The van der Waals surface area contributed by atoms with Gasteiger partial charge in [-0.3, -0.25) is 0 Å². The lowest BCUT2D eigenvalue weighted by molar-refractivity contribution is 0.390. The molecule has 2 aromatic rings. The first-order valence-corrected chi connectivity index (χ1v) is 8.61. The van der Waals surface area contributed by atoms with Crippen LogP contribution in [0.4, 0.5) is 0 Å². The number of halogens is 1. The summed E-state index contributed by atoms with van der Waals surface area (Å²) in [6, 6.07) is 7.70. The number of benzene rings is 1. The molecule has 1 aromatic heterocycles. The van der Waals surface area contributed by atoms with Crippen molar-refractivity contribution in [2.45, 2.75) is 30.6 Å². The summed E-state index contributed by atoms with van der Waals surface area (Å²) in [6.45, 7) is 3.42. The molecule has 0 bridgehead atoms. The van der Waals surface area contributed by atoms with E-state index in [1.807, 2.05) is 24.3 Å². The van der Waals surface area contributed by atoms with E-state index in [1.165, 1.54) is 0 Å². The fourth-order valence-corrected chi connectivity index (χ4v) is 3.62. The molecule has 0 atom stereocenters. The summed E-state index contributed by atoms with van der Waals surface area (Å²) in [5.74, 6) is 0.296. The molecule has 1 N–H and O–H groups in total. The van der Waals surface area contributed by atoms with Crippen LogP contribution in [-0.2, 0) is 21.9 Å². The van der Waals surface area contributed by atoms with Crippen molar-refractivity contribution in [1.29, 1.82) is 0 Å². The smallest absolute Gasteiger partial charge is 0.246 e. The Balaban J connectivity index is 2.17. The van der Waals surface area contributed by atoms with Crippen LogP contribution in [0.5, 0.6) is 0 Å². The number of sulfonamides is 1. The van der Waals surface area contributed by atoms with Gasteiger partial charge in [0.25, 0.3) is 0 Å². The summed E-state index contributed by atoms with van der Waals surface area (Å²) in [5, 5.41) is 4.40. The van der Waals surface area contributed by atoms with Gasteiger partial charge >= 0.3 is 0 Å². The molecule has 0 aliphatic rings. The van der Waals surface area contributed by atoms with Gasteiger partial charge in [-0.1, -0.05) is 45.4 Å². The Bertz CT molecular complexity index is 691. The largest absolute Gasteiger partial charge is 0.360 e. The van der Waals surface area contributed by atoms with Gasteiger partial charge in [0, 0.05) is 11.9 Å². The summed E-state index contributed by atoms with van der Waals surface area (Å²) in [6.07, 6.45) is 0. The van der Waals surface area contributed by atoms with Crippen LogP contribution in [-0.4, -0.2) is 13.6 Å². The SMILES string of the molecule is Cc1noc(C)c1S(=O)(=O)NCc1cccc(CBr)c1. The molecule has 1 aromatic carbocycles. The van der Waals surface area contributed by atoms with Gasteiger partial charge in [0.15, 0.2) is 5.76 Å². The molecule has 0 saturated carbocycles. The van der Waals surface area contributed by atoms with E-state index in [1.54, 1.807) is 13.8 Å². The zero-order valence-corrected chi connectivity index (χ0v) is 13.6. The summed E-state index contributed by atoms with van der Waals surface area (Å²) in [4.78, 5) is 0.120. The number of aromatic nitrogens is 1. The van der Waals surface area contributed by atoms with Crippen molar-refractivity contribution in [3.8, 4) is 0 Å². The van der Waals surface area contributed by atoms with E-state index < -0.39 is 10.0 Å². The van der Waals surface area contributed by atoms with Gasteiger partial charge in [-0.05, 0) is 25.0 Å². The highest BCUT2D eigenvalue weighted by Gasteiger charge is 2.23. The quantitative estimate of drug-likeness (QED) is 0.834. The average molecular weight is 359 g/mol. The first-order valence-electron chi connectivity index (χ1n) is 6.00. The van der Waals surface area contributed by atoms with Crippen LogP contribution in [0.3, 0.4) is 0 Å². The van der Waals surface area contributed by atoms with Gasteiger partial charge in [-0.15, -0.1) is 0 Å². The third-order valence-electron chi connectivity index (χ3n) is 2.85. The molecule has 1 heterocycles. The molecule has 0 aliphatic carbocycles. The summed E-state index contributed by atoms with van der Waals surface area (Å²) in [7, 11) is -3.61. The van der Waals surface area contributed by atoms with Crippen molar-refractivity contribution in [3.05, 3.63) is 46.8 Å². The third-order valence-corrected chi connectivity index (χ3v) is 5.14. The third kappa shape index (κ3) is 3.28. The zero-order valence-electron chi connectivity index (χ0n) is 11.2. The van der Waals surface area contributed by atoms with Crippen LogP contribution >= 0.6 is 15.9 Å². The summed E-state index contributed by atoms with van der Waals surface area (Å²) >= 11 is 3.37. The van der Waals surface area contributed by atoms with Crippen LogP contribution < -0.4 is 4.72 Å². The first-order chi connectivity index (χ1) is 9.44.